The minimum absolute atomic E-state index is 0.0175. The quantitative estimate of drug-likeness (QED) is 0.549. The largest absolute Gasteiger partial charge is 0.437 e. The first-order valence-electron chi connectivity index (χ1n) is 11.9. The van der Waals surface area contributed by atoms with E-state index >= 15 is 0 Å². The second-order valence-electron chi connectivity index (χ2n) is 8.91. The number of carbonyl (C=O) groups is 2. The molecule has 2 fully saturated rings. The van der Waals surface area contributed by atoms with Crippen LogP contribution in [0.4, 0.5) is 0 Å². The summed E-state index contributed by atoms with van der Waals surface area (Å²) in [6.45, 7) is 2.67. The summed E-state index contributed by atoms with van der Waals surface area (Å²) in [5.41, 5.74) is 2.50. The van der Waals surface area contributed by atoms with E-state index in [1.165, 1.54) is 0 Å². The van der Waals surface area contributed by atoms with Crippen molar-refractivity contribution in [1.29, 1.82) is 0 Å². The number of ether oxygens (including phenoxy) is 1. The van der Waals surface area contributed by atoms with Gasteiger partial charge in [0.25, 0.3) is 5.91 Å². The van der Waals surface area contributed by atoms with E-state index in [1.54, 1.807) is 12.4 Å². The Morgan fingerprint density at radius 3 is 2.74 bits per heavy atom. The average molecular weight is 457 g/mol. The second-order valence-corrected chi connectivity index (χ2v) is 8.91. The molecular formula is C27H28N4O3. The molecule has 2 aliphatic rings. The van der Waals surface area contributed by atoms with Crippen LogP contribution >= 0.6 is 0 Å². The molecule has 0 spiro atoms. The zero-order valence-corrected chi connectivity index (χ0v) is 19.1. The van der Waals surface area contributed by atoms with Crippen molar-refractivity contribution >= 4 is 11.8 Å². The van der Waals surface area contributed by atoms with Crippen molar-refractivity contribution in [2.75, 3.05) is 19.6 Å². The second kappa shape index (κ2) is 10.0. The fourth-order valence-electron chi connectivity index (χ4n) is 4.70. The van der Waals surface area contributed by atoms with E-state index in [0.29, 0.717) is 36.7 Å². The maximum Gasteiger partial charge on any atom is 0.253 e. The lowest BCUT2D eigenvalue weighted by Crippen LogP contribution is -2.39. The van der Waals surface area contributed by atoms with Gasteiger partial charge in [-0.3, -0.25) is 14.6 Å². The Morgan fingerprint density at radius 1 is 1.03 bits per heavy atom. The predicted molar refractivity (Wildman–Crippen MR) is 128 cm³/mol. The molecule has 2 saturated heterocycles. The minimum atomic E-state index is 0.0175. The molecule has 2 amide bonds. The summed E-state index contributed by atoms with van der Waals surface area (Å²) in [7, 11) is 0. The SMILES string of the molecule is O=C1CCCN1Cc1cccc(C(=O)N2CCCC(c3cncc(Oc4ccccc4)n3)C2)c1. The molecule has 0 N–H and O–H groups in total. The molecule has 34 heavy (non-hydrogen) atoms. The fraction of sp³-hybridized carbons (Fsp3) is 0.333. The van der Waals surface area contributed by atoms with Crippen LogP contribution in [-0.2, 0) is 11.3 Å². The van der Waals surface area contributed by atoms with E-state index in [2.05, 4.69) is 9.97 Å². The third-order valence-electron chi connectivity index (χ3n) is 6.44. The number of nitrogens with zero attached hydrogens (tertiary/aromatic N) is 4. The predicted octanol–water partition coefficient (Wildman–Crippen LogP) is 4.41. The topological polar surface area (TPSA) is 75.6 Å². The molecule has 0 radical (unpaired) electrons. The Balaban J connectivity index is 1.26. The van der Waals surface area contributed by atoms with Gasteiger partial charge >= 0.3 is 0 Å². The molecule has 7 heteroatoms. The number of rotatable bonds is 6. The van der Waals surface area contributed by atoms with Crippen molar-refractivity contribution < 1.29 is 14.3 Å². The van der Waals surface area contributed by atoms with E-state index < -0.39 is 0 Å². The Morgan fingerprint density at radius 2 is 1.91 bits per heavy atom. The summed E-state index contributed by atoms with van der Waals surface area (Å²) >= 11 is 0. The highest BCUT2D eigenvalue weighted by Gasteiger charge is 2.27. The molecule has 3 aromatic rings. The van der Waals surface area contributed by atoms with Gasteiger partial charge < -0.3 is 14.5 Å². The number of amides is 2. The van der Waals surface area contributed by atoms with Crippen molar-refractivity contribution in [1.82, 2.24) is 19.8 Å². The molecule has 174 valence electrons. The summed E-state index contributed by atoms with van der Waals surface area (Å²) in [6, 6.07) is 17.2. The van der Waals surface area contributed by atoms with E-state index in [9.17, 15) is 9.59 Å². The third kappa shape index (κ3) is 5.09. The molecule has 0 bridgehead atoms. The van der Waals surface area contributed by atoms with Crippen molar-refractivity contribution in [2.45, 2.75) is 38.1 Å². The number of para-hydroxylation sites is 1. The van der Waals surface area contributed by atoms with E-state index in [1.807, 2.05) is 64.4 Å². The molecular weight excluding hydrogens is 428 g/mol. The van der Waals surface area contributed by atoms with Gasteiger partial charge in [-0.25, -0.2) is 4.98 Å². The third-order valence-corrected chi connectivity index (χ3v) is 6.44. The summed E-state index contributed by atoms with van der Waals surface area (Å²) in [5, 5.41) is 0. The number of hydrogen-bond acceptors (Lipinski definition) is 5. The maximum absolute atomic E-state index is 13.3. The van der Waals surface area contributed by atoms with Gasteiger partial charge in [-0.05, 0) is 49.1 Å². The van der Waals surface area contributed by atoms with Crippen molar-refractivity contribution in [2.24, 2.45) is 0 Å². The van der Waals surface area contributed by atoms with Gasteiger partial charge in [0.05, 0.1) is 11.9 Å². The van der Waals surface area contributed by atoms with Crippen LogP contribution in [0.5, 0.6) is 11.6 Å². The van der Waals surface area contributed by atoms with E-state index in [-0.39, 0.29) is 17.7 Å². The van der Waals surface area contributed by atoms with Crippen molar-refractivity contribution in [3.63, 3.8) is 0 Å². The van der Waals surface area contributed by atoms with Crippen LogP contribution in [0.3, 0.4) is 0 Å². The monoisotopic (exact) mass is 456 g/mol. The Labute approximate surface area is 199 Å². The van der Waals surface area contributed by atoms with Gasteiger partial charge in [0.1, 0.15) is 5.75 Å². The highest BCUT2D eigenvalue weighted by Crippen LogP contribution is 2.28. The van der Waals surface area contributed by atoms with E-state index in [4.69, 9.17) is 4.74 Å². The zero-order valence-electron chi connectivity index (χ0n) is 19.1. The van der Waals surface area contributed by atoms with Crippen LogP contribution in [-0.4, -0.2) is 51.2 Å². The van der Waals surface area contributed by atoms with Gasteiger partial charge in [-0.15, -0.1) is 0 Å². The standard InChI is InChI=1S/C27H28N4O3/c32-26-12-6-13-30(26)18-20-7-4-8-21(15-20)27(33)31-14-5-9-22(19-31)24-16-28-17-25(29-24)34-23-10-2-1-3-11-23/h1-4,7-8,10-11,15-17,22H,5-6,9,12-14,18-19H2. The molecule has 0 aliphatic carbocycles. The van der Waals surface area contributed by atoms with Crippen molar-refractivity contribution in [3.8, 4) is 11.6 Å². The molecule has 1 unspecified atom stereocenters. The number of hydrogen-bond donors (Lipinski definition) is 0. The molecule has 7 nitrogen and oxygen atoms in total. The minimum Gasteiger partial charge on any atom is -0.437 e. The molecule has 3 heterocycles. The van der Waals surface area contributed by atoms with Crippen LogP contribution in [0.2, 0.25) is 0 Å². The lowest BCUT2D eigenvalue weighted by atomic mass is 9.94. The van der Waals surface area contributed by atoms with E-state index in [0.717, 1.165) is 43.6 Å². The zero-order chi connectivity index (χ0) is 23.3. The lowest BCUT2D eigenvalue weighted by Gasteiger charge is -2.32. The lowest BCUT2D eigenvalue weighted by molar-refractivity contribution is -0.128. The normalized spacial score (nSPS) is 18.2. The number of benzene rings is 2. The molecule has 2 aromatic carbocycles. The molecule has 5 rings (SSSR count). The average Bonchev–Trinajstić information content (AvgIpc) is 3.28. The van der Waals surface area contributed by atoms with Gasteiger partial charge in [0.2, 0.25) is 11.8 Å². The number of likely N-dealkylation sites (tertiary alicyclic amines) is 2. The number of piperidine rings is 1. The Bertz CT molecular complexity index is 1170. The first kappa shape index (κ1) is 22.1. The van der Waals surface area contributed by atoms with Gasteiger partial charge in [-0.2, -0.15) is 0 Å². The number of aromatic nitrogens is 2. The summed E-state index contributed by atoms with van der Waals surface area (Å²) < 4.78 is 5.85. The summed E-state index contributed by atoms with van der Waals surface area (Å²) in [5.74, 6) is 1.48. The smallest absolute Gasteiger partial charge is 0.253 e. The van der Waals surface area contributed by atoms with Gasteiger partial charge in [0, 0.05) is 50.3 Å². The fourth-order valence-corrected chi connectivity index (χ4v) is 4.70. The maximum atomic E-state index is 13.3. The molecule has 1 atom stereocenters. The van der Waals surface area contributed by atoms with Crippen LogP contribution in [0, 0.1) is 0 Å². The highest BCUT2D eigenvalue weighted by molar-refractivity contribution is 5.94. The first-order chi connectivity index (χ1) is 16.7. The number of carbonyl (C=O) groups excluding carboxylic acids is 2. The highest BCUT2D eigenvalue weighted by atomic mass is 16.5. The van der Waals surface area contributed by atoms with Crippen molar-refractivity contribution in [3.05, 3.63) is 83.8 Å². The Kier molecular flexibility index (Phi) is 6.51. The molecule has 2 aliphatic heterocycles. The first-order valence-corrected chi connectivity index (χ1v) is 11.9. The Hall–Kier alpha value is -3.74. The van der Waals surface area contributed by atoms with Crippen LogP contribution in [0.25, 0.3) is 0 Å². The molecule has 1 aromatic heterocycles. The van der Waals surface area contributed by atoms with Crippen LogP contribution < -0.4 is 4.74 Å². The summed E-state index contributed by atoms with van der Waals surface area (Å²) in [4.78, 5) is 38.1. The van der Waals surface area contributed by atoms with Gasteiger partial charge in [-0.1, -0.05) is 30.3 Å². The van der Waals surface area contributed by atoms with Gasteiger partial charge in [0.15, 0.2) is 0 Å². The summed E-state index contributed by atoms with van der Waals surface area (Å²) in [6.07, 6.45) is 6.76. The molecule has 0 saturated carbocycles. The van der Waals surface area contributed by atoms with Crippen LogP contribution in [0.15, 0.2) is 67.0 Å². The van der Waals surface area contributed by atoms with Crippen LogP contribution in [0.1, 0.15) is 53.2 Å².